The smallest absolute Gasteiger partial charge is 0.232 e. The third-order valence-corrected chi connectivity index (χ3v) is 7.28. The first-order chi connectivity index (χ1) is 17.1. The van der Waals surface area contributed by atoms with Crippen LogP contribution in [0.4, 0.5) is 14.5 Å². The van der Waals surface area contributed by atoms with Crippen molar-refractivity contribution in [3.05, 3.63) is 76.6 Å². The summed E-state index contributed by atoms with van der Waals surface area (Å²) in [6.07, 6.45) is 3.84. The molecule has 2 heterocycles. The normalized spacial score (nSPS) is 11.6. The first kappa shape index (κ1) is 25.6. The van der Waals surface area contributed by atoms with Gasteiger partial charge in [0.15, 0.2) is 5.82 Å². The Morgan fingerprint density at radius 2 is 1.97 bits per heavy atom. The maximum absolute atomic E-state index is 15.3. The number of nitrogens with zero attached hydrogens (tertiary/aromatic N) is 1. The van der Waals surface area contributed by atoms with Crippen LogP contribution in [0.5, 0.6) is 5.75 Å². The van der Waals surface area contributed by atoms with E-state index in [4.69, 9.17) is 16.3 Å². The molecule has 0 aliphatic heterocycles. The number of nitrogens with one attached hydrogen (secondary N) is 2. The molecule has 0 aliphatic rings. The highest BCUT2D eigenvalue weighted by Gasteiger charge is 2.26. The number of hydrogen-bond acceptors (Lipinski definition) is 5. The van der Waals surface area contributed by atoms with Gasteiger partial charge in [-0.2, -0.15) is 0 Å². The number of halogens is 3. The Labute approximate surface area is 211 Å². The predicted molar refractivity (Wildman–Crippen MR) is 135 cm³/mol. The number of fused-ring (bicyclic) bond motifs is 1. The van der Waals surface area contributed by atoms with E-state index in [1.807, 2.05) is 6.92 Å². The second kappa shape index (κ2) is 10.2. The Morgan fingerprint density at radius 3 is 2.67 bits per heavy atom. The maximum atomic E-state index is 15.3. The van der Waals surface area contributed by atoms with Crippen molar-refractivity contribution in [2.24, 2.45) is 0 Å². The largest absolute Gasteiger partial charge is 0.497 e. The molecule has 0 amide bonds. The molecule has 4 aromatic rings. The Bertz CT molecular complexity index is 1570. The predicted octanol–water partition coefficient (Wildman–Crippen LogP) is 5.94. The molecule has 0 unspecified atom stereocenters. The lowest BCUT2D eigenvalue weighted by atomic mass is 9.99. The molecule has 2 aromatic heterocycles. The van der Waals surface area contributed by atoms with Crippen LogP contribution in [-0.2, 0) is 10.0 Å². The van der Waals surface area contributed by atoms with Gasteiger partial charge in [0.25, 0.3) is 0 Å². The number of ketones is 1. The van der Waals surface area contributed by atoms with E-state index in [0.29, 0.717) is 45.8 Å². The molecule has 0 spiro atoms. The van der Waals surface area contributed by atoms with Crippen LogP contribution >= 0.6 is 11.6 Å². The first-order valence-electron chi connectivity index (χ1n) is 11.0. The number of ether oxygens (including phenoxy) is 1. The number of anilines is 1. The molecule has 0 bridgehead atoms. The summed E-state index contributed by atoms with van der Waals surface area (Å²) in [4.78, 5) is 20.4. The van der Waals surface area contributed by atoms with Crippen molar-refractivity contribution in [1.82, 2.24) is 9.97 Å². The van der Waals surface area contributed by atoms with Crippen LogP contribution in [0.1, 0.15) is 35.7 Å². The summed E-state index contributed by atoms with van der Waals surface area (Å²) >= 11 is 6.37. The van der Waals surface area contributed by atoms with E-state index in [1.54, 1.807) is 30.5 Å². The van der Waals surface area contributed by atoms with Crippen LogP contribution < -0.4 is 9.46 Å². The summed E-state index contributed by atoms with van der Waals surface area (Å²) in [5.41, 5.74) is 0.102. The zero-order valence-corrected chi connectivity index (χ0v) is 20.9. The maximum Gasteiger partial charge on any atom is 0.232 e. The highest BCUT2D eigenvalue weighted by atomic mass is 35.5. The van der Waals surface area contributed by atoms with E-state index in [2.05, 4.69) is 14.7 Å². The Balaban J connectivity index is 1.75. The Morgan fingerprint density at radius 1 is 1.19 bits per heavy atom. The summed E-state index contributed by atoms with van der Waals surface area (Å²) in [5, 5.41) is 0.705. The van der Waals surface area contributed by atoms with E-state index < -0.39 is 38.7 Å². The molecule has 11 heteroatoms. The fourth-order valence-corrected chi connectivity index (χ4v) is 5.27. The number of H-pyrrole nitrogens is 1. The van der Waals surface area contributed by atoms with Crippen LogP contribution in [0.25, 0.3) is 22.2 Å². The van der Waals surface area contributed by atoms with E-state index >= 15 is 4.39 Å². The van der Waals surface area contributed by atoms with Crippen molar-refractivity contribution in [2.45, 2.75) is 19.8 Å². The molecule has 2 N–H and O–H groups in total. The van der Waals surface area contributed by atoms with Crippen LogP contribution in [0.15, 0.2) is 48.8 Å². The number of aromatic nitrogens is 2. The van der Waals surface area contributed by atoms with Gasteiger partial charge < -0.3 is 9.72 Å². The van der Waals surface area contributed by atoms with Gasteiger partial charge in [-0.25, -0.2) is 22.2 Å². The number of rotatable bonds is 9. The fourth-order valence-electron chi connectivity index (χ4n) is 3.72. The molecule has 36 heavy (non-hydrogen) atoms. The molecule has 2 aromatic carbocycles. The molecule has 0 aliphatic carbocycles. The summed E-state index contributed by atoms with van der Waals surface area (Å²) in [5.74, 6) is -3.05. The van der Waals surface area contributed by atoms with Gasteiger partial charge in [0.05, 0.1) is 29.1 Å². The second-order valence-corrected chi connectivity index (χ2v) is 10.3. The van der Waals surface area contributed by atoms with Crippen molar-refractivity contribution >= 4 is 44.1 Å². The number of unbranched alkanes of at least 4 members (excludes halogenated alkanes) is 1. The number of benzene rings is 2. The molecule has 0 radical (unpaired) electrons. The number of hydrogen-bond donors (Lipinski definition) is 2. The molecular weight excluding hydrogens is 512 g/mol. The van der Waals surface area contributed by atoms with Crippen LogP contribution in [-0.4, -0.2) is 37.0 Å². The molecule has 188 valence electrons. The third-order valence-electron chi connectivity index (χ3n) is 5.61. The highest BCUT2D eigenvalue weighted by Crippen LogP contribution is 2.34. The number of carbonyl (C=O) groups excluding carboxylic acids is 1. The molecule has 0 saturated carbocycles. The topological polar surface area (TPSA) is 101 Å². The van der Waals surface area contributed by atoms with E-state index in [-0.39, 0.29) is 11.3 Å². The van der Waals surface area contributed by atoms with Crippen LogP contribution in [0.3, 0.4) is 0 Å². The fraction of sp³-hybridized carbons (Fsp3) is 0.200. The van der Waals surface area contributed by atoms with Gasteiger partial charge in [-0.05, 0) is 42.8 Å². The van der Waals surface area contributed by atoms with Crippen molar-refractivity contribution in [1.29, 1.82) is 0 Å². The number of aromatic amines is 1. The number of carbonyl (C=O) groups is 1. The zero-order chi connectivity index (χ0) is 26.0. The lowest BCUT2D eigenvalue weighted by Crippen LogP contribution is -2.19. The average Bonchev–Trinajstić information content (AvgIpc) is 3.27. The summed E-state index contributed by atoms with van der Waals surface area (Å²) in [7, 11) is -2.36. The third kappa shape index (κ3) is 5.05. The number of sulfonamides is 1. The van der Waals surface area contributed by atoms with E-state index in [1.165, 1.54) is 13.3 Å². The molecule has 0 saturated heterocycles. The van der Waals surface area contributed by atoms with Crippen molar-refractivity contribution in [3.8, 4) is 16.9 Å². The van der Waals surface area contributed by atoms with Crippen molar-refractivity contribution < 1.29 is 26.7 Å². The lowest BCUT2D eigenvalue weighted by Gasteiger charge is -2.12. The van der Waals surface area contributed by atoms with Gasteiger partial charge >= 0.3 is 0 Å². The Kier molecular flexibility index (Phi) is 7.28. The summed E-state index contributed by atoms with van der Waals surface area (Å²) in [6, 6.07) is 8.50. The average molecular weight is 534 g/mol. The van der Waals surface area contributed by atoms with Crippen LogP contribution in [0, 0.1) is 11.6 Å². The van der Waals surface area contributed by atoms with Crippen molar-refractivity contribution in [2.75, 3.05) is 17.6 Å². The SMILES string of the molecule is CCCCS(=O)(=O)Nc1ccc(F)c(C(=O)c2c[nH]c3ncc(-c4ccc(OC)cc4Cl)cc23)c1F. The van der Waals surface area contributed by atoms with Crippen LogP contribution in [0.2, 0.25) is 5.02 Å². The molecular formula is C25H22ClF2N3O4S. The minimum atomic E-state index is -3.87. The van der Waals surface area contributed by atoms with E-state index in [9.17, 15) is 17.6 Å². The minimum absolute atomic E-state index is 0.0345. The lowest BCUT2D eigenvalue weighted by molar-refractivity contribution is 0.103. The van der Waals surface area contributed by atoms with Gasteiger partial charge in [0, 0.05) is 34.5 Å². The molecule has 0 atom stereocenters. The molecule has 0 fully saturated rings. The molecule has 4 rings (SSSR count). The Hall–Kier alpha value is -3.50. The van der Waals surface area contributed by atoms with Gasteiger partial charge in [0.1, 0.15) is 17.2 Å². The first-order valence-corrected chi connectivity index (χ1v) is 13.0. The van der Waals surface area contributed by atoms with E-state index in [0.717, 1.165) is 12.1 Å². The number of methoxy groups -OCH3 is 1. The van der Waals surface area contributed by atoms with Gasteiger partial charge in [-0.3, -0.25) is 9.52 Å². The number of pyridine rings is 1. The quantitative estimate of drug-likeness (QED) is 0.259. The summed E-state index contributed by atoms with van der Waals surface area (Å²) in [6.45, 7) is 1.81. The molecule has 7 nitrogen and oxygen atoms in total. The monoisotopic (exact) mass is 533 g/mol. The van der Waals surface area contributed by atoms with Gasteiger partial charge in [0.2, 0.25) is 15.8 Å². The van der Waals surface area contributed by atoms with Gasteiger partial charge in [-0.15, -0.1) is 0 Å². The highest BCUT2D eigenvalue weighted by molar-refractivity contribution is 7.92. The second-order valence-electron chi connectivity index (χ2n) is 8.06. The zero-order valence-electron chi connectivity index (χ0n) is 19.4. The standard InChI is InChI=1S/C25H22ClF2N3O4S/c1-3-4-9-36(33,34)31-21-8-7-20(27)22(23(21)28)24(32)18-13-30-25-17(18)10-14(12-29-25)16-6-5-15(35-2)11-19(16)26/h5-8,10-13,31H,3-4,9H2,1-2H3,(H,29,30). The minimum Gasteiger partial charge on any atom is -0.497 e. The summed E-state index contributed by atoms with van der Waals surface area (Å²) < 4.78 is 61.7. The van der Waals surface area contributed by atoms with Gasteiger partial charge in [-0.1, -0.05) is 24.9 Å². The van der Waals surface area contributed by atoms with Crippen molar-refractivity contribution in [3.63, 3.8) is 0 Å².